The summed E-state index contributed by atoms with van der Waals surface area (Å²) in [4.78, 5) is 20.4. The first-order valence-electron chi connectivity index (χ1n) is 3.95. The first-order valence-corrected chi connectivity index (χ1v) is 3.95. The molecule has 1 aromatic rings. The van der Waals surface area contributed by atoms with Crippen LogP contribution in [-0.4, -0.2) is 10.0 Å². The van der Waals surface area contributed by atoms with Gasteiger partial charge in [0.1, 0.15) is 5.76 Å². The number of aromatic hydroxyl groups is 1. The molecule has 76 valence electrons. The summed E-state index contributed by atoms with van der Waals surface area (Å²) in [5, 5.41) is 19.5. The fourth-order valence-corrected chi connectivity index (χ4v) is 0.945. The van der Waals surface area contributed by atoms with Gasteiger partial charge in [-0.05, 0) is 0 Å². The van der Waals surface area contributed by atoms with Crippen LogP contribution in [0.4, 0.5) is 5.69 Å². The SMILES string of the molecule is CC(C)c1cc(O)c([N+](=O)[O-])c(=O)o1. The summed E-state index contributed by atoms with van der Waals surface area (Å²) < 4.78 is 4.65. The fraction of sp³-hybridized carbons (Fsp3) is 0.375. The van der Waals surface area contributed by atoms with Crippen LogP contribution < -0.4 is 5.63 Å². The van der Waals surface area contributed by atoms with Crippen molar-refractivity contribution in [3.8, 4) is 5.75 Å². The van der Waals surface area contributed by atoms with Gasteiger partial charge in [0.25, 0.3) is 0 Å². The Balaban J connectivity index is 3.40. The quantitative estimate of drug-likeness (QED) is 0.573. The molecule has 0 aliphatic rings. The highest BCUT2D eigenvalue weighted by Crippen LogP contribution is 2.25. The van der Waals surface area contributed by atoms with E-state index in [4.69, 9.17) is 0 Å². The third-order valence-electron chi connectivity index (χ3n) is 1.68. The summed E-state index contributed by atoms with van der Waals surface area (Å²) >= 11 is 0. The maximum atomic E-state index is 11.0. The summed E-state index contributed by atoms with van der Waals surface area (Å²) in [5.41, 5.74) is -2.05. The monoisotopic (exact) mass is 199 g/mol. The van der Waals surface area contributed by atoms with Gasteiger partial charge in [-0.3, -0.25) is 10.1 Å². The van der Waals surface area contributed by atoms with Gasteiger partial charge in [0.05, 0.1) is 4.92 Å². The number of rotatable bonds is 2. The van der Waals surface area contributed by atoms with E-state index in [0.717, 1.165) is 6.07 Å². The minimum Gasteiger partial charge on any atom is -0.502 e. The van der Waals surface area contributed by atoms with Crippen LogP contribution in [-0.2, 0) is 0 Å². The summed E-state index contributed by atoms with van der Waals surface area (Å²) in [6.07, 6.45) is 0. The molecule has 1 N–H and O–H groups in total. The van der Waals surface area contributed by atoms with Crippen molar-refractivity contribution < 1.29 is 14.4 Å². The molecule has 0 saturated heterocycles. The Kier molecular flexibility index (Phi) is 2.55. The van der Waals surface area contributed by atoms with Crippen LogP contribution in [0.5, 0.6) is 5.75 Å². The van der Waals surface area contributed by atoms with Crippen LogP contribution in [0.25, 0.3) is 0 Å². The van der Waals surface area contributed by atoms with E-state index >= 15 is 0 Å². The zero-order chi connectivity index (χ0) is 10.9. The number of nitro groups is 1. The van der Waals surface area contributed by atoms with Gasteiger partial charge in [-0.15, -0.1) is 0 Å². The van der Waals surface area contributed by atoms with Crippen LogP contribution in [0.1, 0.15) is 25.5 Å². The lowest BCUT2D eigenvalue weighted by Gasteiger charge is -2.02. The number of hydrogen-bond donors (Lipinski definition) is 1. The van der Waals surface area contributed by atoms with Gasteiger partial charge in [0, 0.05) is 12.0 Å². The van der Waals surface area contributed by atoms with E-state index in [1.54, 1.807) is 13.8 Å². The second kappa shape index (κ2) is 3.49. The average Bonchev–Trinajstić information content (AvgIpc) is 2.01. The molecule has 0 spiro atoms. The Morgan fingerprint density at radius 3 is 2.50 bits per heavy atom. The minimum absolute atomic E-state index is 0.116. The third-order valence-corrected chi connectivity index (χ3v) is 1.68. The zero-order valence-corrected chi connectivity index (χ0v) is 7.68. The van der Waals surface area contributed by atoms with Crippen molar-refractivity contribution in [3.63, 3.8) is 0 Å². The molecule has 0 amide bonds. The molecule has 0 fully saturated rings. The molecule has 0 aliphatic carbocycles. The van der Waals surface area contributed by atoms with Crippen molar-refractivity contribution in [2.75, 3.05) is 0 Å². The number of hydrogen-bond acceptors (Lipinski definition) is 5. The van der Waals surface area contributed by atoms with Crippen molar-refractivity contribution in [2.45, 2.75) is 19.8 Å². The molecule has 0 radical (unpaired) electrons. The Bertz CT molecular complexity index is 420. The first-order chi connectivity index (χ1) is 6.43. The van der Waals surface area contributed by atoms with Gasteiger partial charge in [-0.25, -0.2) is 4.79 Å². The molecule has 14 heavy (non-hydrogen) atoms. The Morgan fingerprint density at radius 1 is 1.57 bits per heavy atom. The van der Waals surface area contributed by atoms with Gasteiger partial charge in [0.15, 0.2) is 0 Å². The number of nitrogens with zero attached hydrogens (tertiary/aromatic N) is 1. The van der Waals surface area contributed by atoms with Gasteiger partial charge in [-0.1, -0.05) is 13.8 Å². The van der Waals surface area contributed by atoms with Crippen molar-refractivity contribution in [2.24, 2.45) is 0 Å². The summed E-state index contributed by atoms with van der Waals surface area (Å²) in [6.45, 7) is 3.48. The fourth-order valence-electron chi connectivity index (χ4n) is 0.945. The normalized spacial score (nSPS) is 10.5. The van der Waals surface area contributed by atoms with Gasteiger partial charge in [0.2, 0.25) is 5.75 Å². The average molecular weight is 199 g/mol. The third kappa shape index (κ3) is 1.73. The van der Waals surface area contributed by atoms with Crippen LogP contribution >= 0.6 is 0 Å². The predicted molar refractivity (Wildman–Crippen MR) is 47.4 cm³/mol. The van der Waals surface area contributed by atoms with Gasteiger partial charge >= 0.3 is 11.3 Å². The highest BCUT2D eigenvalue weighted by atomic mass is 16.6. The molecule has 6 heteroatoms. The first kappa shape index (κ1) is 10.2. The Labute approximate surface area is 78.9 Å². The van der Waals surface area contributed by atoms with E-state index in [0.29, 0.717) is 0 Å². The van der Waals surface area contributed by atoms with Crippen molar-refractivity contribution >= 4 is 5.69 Å². The maximum Gasteiger partial charge on any atom is 0.419 e. The predicted octanol–water partition coefficient (Wildman–Crippen LogP) is 1.38. The second-order valence-corrected chi connectivity index (χ2v) is 3.08. The molecule has 0 aromatic carbocycles. The molecule has 0 unspecified atom stereocenters. The van der Waals surface area contributed by atoms with Crippen molar-refractivity contribution in [1.82, 2.24) is 0 Å². The minimum atomic E-state index is -1.13. The van der Waals surface area contributed by atoms with Gasteiger partial charge in [-0.2, -0.15) is 0 Å². The Morgan fingerprint density at radius 2 is 2.14 bits per heavy atom. The van der Waals surface area contributed by atoms with Crippen LogP contribution in [0.15, 0.2) is 15.3 Å². The van der Waals surface area contributed by atoms with Crippen molar-refractivity contribution in [3.05, 3.63) is 32.4 Å². The van der Waals surface area contributed by atoms with Crippen LogP contribution in [0, 0.1) is 10.1 Å². The highest BCUT2D eigenvalue weighted by molar-refractivity contribution is 5.42. The van der Waals surface area contributed by atoms with Gasteiger partial charge < -0.3 is 9.52 Å². The summed E-state index contributed by atoms with van der Waals surface area (Å²) in [7, 11) is 0. The van der Waals surface area contributed by atoms with E-state index in [1.807, 2.05) is 0 Å². The molecule has 6 nitrogen and oxygen atoms in total. The molecule has 1 rings (SSSR count). The summed E-state index contributed by atoms with van der Waals surface area (Å²) in [6, 6.07) is 1.09. The van der Waals surface area contributed by atoms with E-state index in [2.05, 4.69) is 4.42 Å². The largest absolute Gasteiger partial charge is 0.502 e. The zero-order valence-electron chi connectivity index (χ0n) is 7.68. The molecule has 1 aromatic heterocycles. The smallest absolute Gasteiger partial charge is 0.419 e. The summed E-state index contributed by atoms with van der Waals surface area (Å²) in [5.74, 6) is -0.553. The van der Waals surface area contributed by atoms with E-state index in [1.165, 1.54) is 0 Å². The maximum absolute atomic E-state index is 11.0. The van der Waals surface area contributed by atoms with Crippen molar-refractivity contribution in [1.29, 1.82) is 0 Å². The molecule has 1 heterocycles. The Hall–Kier alpha value is -1.85. The van der Waals surface area contributed by atoms with E-state index < -0.39 is 22.0 Å². The highest BCUT2D eigenvalue weighted by Gasteiger charge is 2.22. The van der Waals surface area contributed by atoms with Crippen LogP contribution in [0.2, 0.25) is 0 Å². The molecule has 0 aliphatic heterocycles. The standard InChI is InChI=1S/C8H9NO5/c1-4(2)6-3-5(10)7(9(12)13)8(11)14-6/h3-4,10H,1-2H3. The molecule has 0 saturated carbocycles. The van der Waals surface area contributed by atoms with E-state index in [9.17, 15) is 20.0 Å². The lowest BCUT2D eigenvalue weighted by atomic mass is 10.1. The molecular formula is C8H9NO5. The molecule has 0 bridgehead atoms. The van der Waals surface area contributed by atoms with E-state index in [-0.39, 0.29) is 11.7 Å². The lowest BCUT2D eigenvalue weighted by Crippen LogP contribution is -2.08. The topological polar surface area (TPSA) is 93.6 Å². The van der Waals surface area contributed by atoms with Crippen LogP contribution in [0.3, 0.4) is 0 Å². The second-order valence-electron chi connectivity index (χ2n) is 3.08. The molecule has 0 atom stereocenters. The lowest BCUT2D eigenvalue weighted by molar-refractivity contribution is -0.388. The molecular weight excluding hydrogens is 190 g/mol.